The lowest BCUT2D eigenvalue weighted by atomic mass is 9.93. The summed E-state index contributed by atoms with van der Waals surface area (Å²) in [5.74, 6) is 0.377. The van der Waals surface area contributed by atoms with Crippen molar-refractivity contribution < 1.29 is 0 Å². The highest BCUT2D eigenvalue weighted by Crippen LogP contribution is 2.19. The van der Waals surface area contributed by atoms with E-state index in [4.69, 9.17) is 5.73 Å². The van der Waals surface area contributed by atoms with E-state index in [1.54, 1.807) is 0 Å². The first-order valence-electron chi connectivity index (χ1n) is 3.42. The van der Waals surface area contributed by atoms with Crippen molar-refractivity contribution >= 4 is 0 Å². The summed E-state index contributed by atoms with van der Waals surface area (Å²) in [7, 11) is 0. The highest BCUT2D eigenvalue weighted by molar-refractivity contribution is 5.25. The van der Waals surface area contributed by atoms with Crippen LogP contribution in [0.1, 0.15) is 6.42 Å². The molecule has 0 saturated heterocycles. The summed E-state index contributed by atoms with van der Waals surface area (Å²) >= 11 is 0. The minimum Gasteiger partial charge on any atom is -0.320 e. The average Bonchev–Trinajstić information content (AvgIpc) is 1.94. The zero-order valence-electron chi connectivity index (χ0n) is 5.96. The van der Waals surface area contributed by atoms with E-state index < -0.39 is 0 Å². The molecule has 53 valence electrons. The Balaban J connectivity index is 2.52. The van der Waals surface area contributed by atoms with Crippen molar-refractivity contribution in [1.29, 1.82) is 0 Å². The van der Waals surface area contributed by atoms with E-state index in [0.717, 1.165) is 12.5 Å². The molecule has 0 amide bonds. The third-order valence-electron chi connectivity index (χ3n) is 1.59. The summed E-state index contributed by atoms with van der Waals surface area (Å²) in [5, 5.41) is 0. The number of allylic oxidation sites excluding steroid dienone is 3. The van der Waals surface area contributed by atoms with Gasteiger partial charge in [-0.25, -0.2) is 0 Å². The van der Waals surface area contributed by atoms with Crippen molar-refractivity contribution in [3.63, 3.8) is 0 Å². The Morgan fingerprint density at radius 3 is 3.00 bits per heavy atom. The van der Waals surface area contributed by atoms with Crippen molar-refractivity contribution in [3.8, 4) is 0 Å². The van der Waals surface area contributed by atoms with Crippen LogP contribution < -0.4 is 5.73 Å². The fourth-order valence-corrected chi connectivity index (χ4v) is 0.994. The molecule has 2 N–H and O–H groups in total. The topological polar surface area (TPSA) is 26.0 Å². The maximum atomic E-state index is 5.70. The summed E-state index contributed by atoms with van der Waals surface area (Å²) in [5.41, 5.74) is 5.70. The second-order valence-corrected chi connectivity index (χ2v) is 2.37. The highest BCUT2D eigenvalue weighted by Gasteiger charge is 2.12. The molecular formula is C9H12N. The Morgan fingerprint density at radius 2 is 2.40 bits per heavy atom. The molecule has 1 radical (unpaired) electrons. The summed E-state index contributed by atoms with van der Waals surface area (Å²) in [6, 6.07) is 0.933. The van der Waals surface area contributed by atoms with Crippen molar-refractivity contribution in [2.24, 2.45) is 11.7 Å². The van der Waals surface area contributed by atoms with Gasteiger partial charge >= 0.3 is 0 Å². The number of nitrogens with two attached hydrogens (primary N) is 1. The fraction of sp³-hybridized carbons (Fsp3) is 0.222. The van der Waals surface area contributed by atoms with Crippen molar-refractivity contribution in [3.05, 3.63) is 43.0 Å². The molecule has 0 saturated carbocycles. The SMILES string of the molecule is C=CCC1C=CC=C[C]1N. The molecule has 1 atom stereocenters. The van der Waals surface area contributed by atoms with Crippen molar-refractivity contribution in [2.75, 3.05) is 0 Å². The van der Waals surface area contributed by atoms with Crippen LogP contribution in [0.15, 0.2) is 37.0 Å². The van der Waals surface area contributed by atoms with E-state index >= 15 is 0 Å². The molecule has 1 unspecified atom stereocenters. The van der Waals surface area contributed by atoms with Crippen LogP contribution in [0.2, 0.25) is 0 Å². The van der Waals surface area contributed by atoms with Gasteiger partial charge in [0, 0.05) is 5.92 Å². The van der Waals surface area contributed by atoms with Crippen molar-refractivity contribution in [2.45, 2.75) is 6.42 Å². The molecule has 0 heterocycles. The lowest BCUT2D eigenvalue weighted by Gasteiger charge is -2.16. The van der Waals surface area contributed by atoms with Gasteiger partial charge in [0.05, 0.1) is 6.04 Å². The Bertz CT molecular complexity index is 168. The minimum atomic E-state index is 0.377. The molecule has 10 heavy (non-hydrogen) atoms. The zero-order valence-corrected chi connectivity index (χ0v) is 5.96. The average molecular weight is 134 g/mol. The molecule has 0 aromatic heterocycles. The monoisotopic (exact) mass is 134 g/mol. The van der Waals surface area contributed by atoms with Crippen LogP contribution in [0.5, 0.6) is 0 Å². The van der Waals surface area contributed by atoms with Gasteiger partial charge in [-0.2, -0.15) is 0 Å². The van der Waals surface area contributed by atoms with Gasteiger partial charge in [0.1, 0.15) is 0 Å². The molecule has 0 fully saturated rings. The molecular weight excluding hydrogens is 122 g/mol. The minimum absolute atomic E-state index is 0.377. The Morgan fingerprint density at radius 1 is 1.60 bits per heavy atom. The van der Waals surface area contributed by atoms with E-state index in [1.165, 1.54) is 0 Å². The van der Waals surface area contributed by atoms with Crippen molar-refractivity contribution in [1.82, 2.24) is 0 Å². The first-order valence-corrected chi connectivity index (χ1v) is 3.42. The van der Waals surface area contributed by atoms with Crippen LogP contribution >= 0.6 is 0 Å². The summed E-state index contributed by atoms with van der Waals surface area (Å²) in [6.07, 6.45) is 10.8. The van der Waals surface area contributed by atoms with Gasteiger partial charge in [-0.1, -0.05) is 30.4 Å². The first kappa shape index (κ1) is 7.29. The highest BCUT2D eigenvalue weighted by atomic mass is 14.6. The quantitative estimate of drug-likeness (QED) is 0.572. The van der Waals surface area contributed by atoms with Gasteiger partial charge in [0.25, 0.3) is 0 Å². The predicted octanol–water partition coefficient (Wildman–Crippen LogP) is 1.80. The normalized spacial score (nSPS) is 25.1. The third-order valence-corrected chi connectivity index (χ3v) is 1.59. The molecule has 0 bridgehead atoms. The Hall–Kier alpha value is -0.820. The van der Waals surface area contributed by atoms with Crippen LogP contribution in [0, 0.1) is 12.0 Å². The second-order valence-electron chi connectivity index (χ2n) is 2.37. The fourth-order valence-electron chi connectivity index (χ4n) is 0.994. The molecule has 0 spiro atoms. The van der Waals surface area contributed by atoms with Crippen LogP contribution in [0.25, 0.3) is 0 Å². The van der Waals surface area contributed by atoms with E-state index in [1.807, 2.05) is 24.3 Å². The molecule has 1 rings (SSSR count). The smallest absolute Gasteiger partial charge is 0.0634 e. The molecule has 1 aliphatic carbocycles. The van der Waals surface area contributed by atoms with E-state index in [2.05, 4.69) is 12.7 Å². The van der Waals surface area contributed by atoms with Crippen LogP contribution in [-0.2, 0) is 0 Å². The molecule has 0 aromatic carbocycles. The van der Waals surface area contributed by atoms with Gasteiger partial charge in [-0.05, 0) is 6.42 Å². The first-order chi connectivity index (χ1) is 4.84. The predicted molar refractivity (Wildman–Crippen MR) is 44.0 cm³/mol. The van der Waals surface area contributed by atoms with E-state index in [9.17, 15) is 0 Å². The third kappa shape index (κ3) is 1.58. The van der Waals surface area contributed by atoms with Gasteiger partial charge in [-0.3, -0.25) is 0 Å². The van der Waals surface area contributed by atoms with Gasteiger partial charge < -0.3 is 5.73 Å². The van der Waals surface area contributed by atoms with E-state index in [-0.39, 0.29) is 0 Å². The van der Waals surface area contributed by atoms with Gasteiger partial charge in [-0.15, -0.1) is 6.58 Å². The van der Waals surface area contributed by atoms with Crippen LogP contribution in [0.3, 0.4) is 0 Å². The zero-order chi connectivity index (χ0) is 7.40. The maximum Gasteiger partial charge on any atom is 0.0634 e. The number of rotatable bonds is 2. The van der Waals surface area contributed by atoms with Gasteiger partial charge in [0.2, 0.25) is 0 Å². The van der Waals surface area contributed by atoms with Gasteiger partial charge in [0.15, 0.2) is 0 Å². The lowest BCUT2D eigenvalue weighted by Crippen LogP contribution is -2.18. The largest absolute Gasteiger partial charge is 0.320 e. The maximum absolute atomic E-state index is 5.70. The lowest BCUT2D eigenvalue weighted by molar-refractivity contribution is 0.691. The van der Waals surface area contributed by atoms with Crippen LogP contribution in [-0.4, -0.2) is 0 Å². The summed E-state index contributed by atoms with van der Waals surface area (Å²) in [4.78, 5) is 0. The Labute approximate surface area is 61.9 Å². The van der Waals surface area contributed by atoms with Crippen LogP contribution in [0.4, 0.5) is 0 Å². The molecule has 0 aromatic rings. The number of hydrogen-bond donors (Lipinski definition) is 1. The molecule has 1 aliphatic rings. The Kier molecular flexibility index (Phi) is 2.46. The molecule has 1 heteroatoms. The number of hydrogen-bond acceptors (Lipinski definition) is 1. The standard InChI is InChI=1S/C9H12N/c1-2-5-8-6-3-4-7-9(8)10/h2-4,6-8H,1,5,10H2. The molecule has 0 aliphatic heterocycles. The summed E-state index contributed by atoms with van der Waals surface area (Å²) in [6.45, 7) is 3.66. The molecule has 1 nitrogen and oxygen atoms in total. The second kappa shape index (κ2) is 3.37. The summed E-state index contributed by atoms with van der Waals surface area (Å²) < 4.78 is 0. The van der Waals surface area contributed by atoms with E-state index in [0.29, 0.717) is 5.92 Å².